The van der Waals surface area contributed by atoms with Crippen LogP contribution in [0.25, 0.3) is 16.7 Å². The summed E-state index contributed by atoms with van der Waals surface area (Å²) in [5, 5.41) is 0. The van der Waals surface area contributed by atoms with Gasteiger partial charge in [0.1, 0.15) is 0 Å². The molecule has 0 spiro atoms. The quantitative estimate of drug-likeness (QED) is 0.188. The van der Waals surface area contributed by atoms with E-state index in [1.165, 1.54) is 15.7 Å². The fourth-order valence-corrected chi connectivity index (χ4v) is 6.37. The van der Waals surface area contributed by atoms with Gasteiger partial charge in [0, 0.05) is 6.20 Å². The summed E-state index contributed by atoms with van der Waals surface area (Å²) in [6, 6.07) is 26.0. The molecule has 40 heavy (non-hydrogen) atoms. The van der Waals surface area contributed by atoms with E-state index in [1.54, 1.807) is 0 Å². The van der Waals surface area contributed by atoms with Crippen molar-refractivity contribution in [2.24, 2.45) is 6.98 Å². The SMILES string of the molecule is [2H]C([2H])([2H])n1[c](=[Pt])n(-c2cccc(Oc3ccc4c(c3)N(c3cc(C(C)(C)C)ccn3)C(C)(C)CC4)c2)c2ccccc21. The fraction of sp³-hybridized carbons (Fsp3) is 0.294. The summed E-state index contributed by atoms with van der Waals surface area (Å²) in [4.78, 5) is 7.18. The number of hydrogen-bond acceptors (Lipinski definition) is 3. The Morgan fingerprint density at radius 3 is 2.48 bits per heavy atom. The number of anilines is 2. The number of nitrogens with zero attached hydrogens (tertiary/aromatic N) is 4. The van der Waals surface area contributed by atoms with Gasteiger partial charge in [-0.2, -0.15) is 0 Å². The molecule has 0 fully saturated rings. The average molecular weight is 715 g/mol. The first-order valence-electron chi connectivity index (χ1n) is 15.1. The van der Waals surface area contributed by atoms with E-state index in [9.17, 15) is 0 Å². The number of imidazole rings is 1. The minimum atomic E-state index is -2.31. The standard InChI is InChI=1S/C34H36N4O.Pt/c1-33(2,3)25-17-19-35-32(20-25)38-31-22-28(15-14-24(31)16-18-34(38,4)5)39-27-11-9-10-26(21-27)37-23-36(6)29-12-7-8-13-30(29)37;/h7-15,17,19-22H,16,18H2,1-6H3;/i6D3;. The first kappa shape index (κ1) is 23.3. The number of ether oxygens (including phenoxy) is 1. The summed E-state index contributed by atoms with van der Waals surface area (Å²) in [6.07, 6.45) is 3.91. The summed E-state index contributed by atoms with van der Waals surface area (Å²) in [7, 11) is 0. The zero-order valence-electron chi connectivity index (χ0n) is 26.5. The van der Waals surface area contributed by atoms with Crippen LogP contribution in [-0.2, 0) is 38.2 Å². The zero-order chi connectivity index (χ0) is 30.7. The van der Waals surface area contributed by atoms with Crippen LogP contribution in [0.1, 0.15) is 56.3 Å². The van der Waals surface area contributed by atoms with Crippen LogP contribution in [0.4, 0.5) is 11.5 Å². The maximum atomic E-state index is 8.13. The molecule has 0 N–H and O–H groups in total. The zero-order valence-corrected chi connectivity index (χ0v) is 25.8. The molecule has 0 saturated carbocycles. The number of para-hydroxylation sites is 2. The second kappa shape index (κ2) is 9.89. The van der Waals surface area contributed by atoms with Gasteiger partial charge < -0.3 is 0 Å². The molecule has 0 saturated heterocycles. The van der Waals surface area contributed by atoms with Gasteiger partial charge in [-0.25, -0.2) is 0 Å². The van der Waals surface area contributed by atoms with Crippen LogP contribution in [0.3, 0.4) is 0 Å². The summed E-state index contributed by atoms with van der Waals surface area (Å²) < 4.78 is 34.8. The van der Waals surface area contributed by atoms with Crippen molar-refractivity contribution in [1.29, 1.82) is 0 Å². The van der Waals surface area contributed by atoms with Crippen molar-refractivity contribution in [3.8, 4) is 17.2 Å². The Balaban J connectivity index is 1.39. The van der Waals surface area contributed by atoms with E-state index in [0.29, 0.717) is 15.1 Å². The van der Waals surface area contributed by atoms with Crippen LogP contribution in [0.5, 0.6) is 11.5 Å². The van der Waals surface area contributed by atoms with Crippen molar-refractivity contribution in [3.63, 3.8) is 0 Å². The first-order valence-corrected chi connectivity index (χ1v) is 14.7. The van der Waals surface area contributed by atoms with Crippen LogP contribution in [-0.4, -0.2) is 19.7 Å². The molecule has 2 aromatic heterocycles. The molecule has 0 amide bonds. The van der Waals surface area contributed by atoms with Crippen LogP contribution < -0.4 is 9.64 Å². The number of aromatic nitrogens is 3. The molecule has 5 nitrogen and oxygen atoms in total. The Morgan fingerprint density at radius 2 is 1.70 bits per heavy atom. The summed E-state index contributed by atoms with van der Waals surface area (Å²) in [5.41, 5.74) is 5.81. The van der Waals surface area contributed by atoms with Gasteiger partial charge in [0.25, 0.3) is 0 Å². The van der Waals surface area contributed by atoms with E-state index < -0.39 is 6.98 Å². The summed E-state index contributed by atoms with van der Waals surface area (Å²) in [6.45, 7) is 8.91. The maximum absolute atomic E-state index is 8.13. The van der Waals surface area contributed by atoms with Crippen LogP contribution in [0, 0.1) is 3.80 Å². The third-order valence-corrected chi connectivity index (χ3v) is 8.78. The van der Waals surface area contributed by atoms with Gasteiger partial charge in [-0.3, -0.25) is 0 Å². The number of fused-ring (bicyclic) bond motifs is 2. The van der Waals surface area contributed by atoms with Gasteiger partial charge in [0.2, 0.25) is 0 Å². The van der Waals surface area contributed by atoms with Crippen molar-refractivity contribution in [3.05, 3.63) is 100.0 Å². The fourth-order valence-electron chi connectivity index (χ4n) is 5.53. The monoisotopic (exact) mass is 714 g/mol. The molecule has 0 aliphatic carbocycles. The first-order chi connectivity index (χ1) is 20.2. The van der Waals surface area contributed by atoms with Crippen LogP contribution in [0.15, 0.2) is 85.1 Å². The van der Waals surface area contributed by atoms with Gasteiger partial charge in [0.05, 0.1) is 0 Å². The van der Waals surface area contributed by atoms with Crippen molar-refractivity contribution >= 4 is 22.5 Å². The number of hydrogen-bond donors (Lipinski definition) is 0. The Hall–Kier alpha value is -3.43. The molecule has 6 rings (SSSR count). The Bertz CT molecular complexity index is 1900. The molecule has 0 radical (unpaired) electrons. The Kier molecular flexibility index (Phi) is 5.76. The Labute approximate surface area is 251 Å². The summed E-state index contributed by atoms with van der Waals surface area (Å²) >= 11 is 2.09. The molecular formula is C34H36N4OPt. The second-order valence-electron chi connectivity index (χ2n) is 12.1. The van der Waals surface area contributed by atoms with Gasteiger partial charge in [-0.05, 0) is 17.0 Å². The van der Waals surface area contributed by atoms with Gasteiger partial charge in [0.15, 0.2) is 0 Å². The topological polar surface area (TPSA) is 35.2 Å². The predicted octanol–water partition coefficient (Wildman–Crippen LogP) is 8.40. The van der Waals surface area contributed by atoms with Gasteiger partial charge in [-0.15, -0.1) is 0 Å². The molecule has 0 bridgehead atoms. The van der Waals surface area contributed by atoms with Crippen molar-refractivity contribution < 1.29 is 28.2 Å². The normalized spacial score (nSPS) is 16.3. The van der Waals surface area contributed by atoms with Crippen molar-refractivity contribution in [2.45, 2.75) is 58.4 Å². The van der Waals surface area contributed by atoms with Gasteiger partial charge in [-0.1, -0.05) is 20.8 Å². The molecule has 1 aliphatic heterocycles. The van der Waals surface area contributed by atoms with Crippen molar-refractivity contribution in [2.75, 3.05) is 4.90 Å². The third kappa shape index (κ3) is 4.75. The molecular weight excluding hydrogens is 675 g/mol. The molecule has 6 heteroatoms. The van der Waals surface area contributed by atoms with Gasteiger partial charge >= 0.3 is 208 Å². The molecule has 3 heterocycles. The molecule has 0 atom stereocenters. The number of rotatable bonds is 4. The number of benzene rings is 3. The van der Waals surface area contributed by atoms with Crippen molar-refractivity contribution in [1.82, 2.24) is 14.1 Å². The van der Waals surface area contributed by atoms with Crippen LogP contribution >= 0.6 is 0 Å². The predicted molar refractivity (Wildman–Crippen MR) is 159 cm³/mol. The molecule has 3 aromatic carbocycles. The van der Waals surface area contributed by atoms with E-state index in [1.807, 2.05) is 65.4 Å². The van der Waals surface area contributed by atoms with Crippen LogP contribution in [0.2, 0.25) is 0 Å². The molecule has 1 aliphatic rings. The third-order valence-electron chi connectivity index (χ3n) is 7.77. The minimum absolute atomic E-state index is 0.0160. The Morgan fingerprint density at radius 1 is 0.925 bits per heavy atom. The van der Waals surface area contributed by atoms with E-state index >= 15 is 0 Å². The number of aryl methyl sites for hydroxylation is 2. The van der Waals surface area contributed by atoms with E-state index in [4.69, 9.17) is 13.8 Å². The average Bonchev–Trinajstić information content (AvgIpc) is 3.24. The molecule has 0 unspecified atom stereocenters. The summed E-state index contributed by atoms with van der Waals surface area (Å²) in [5.74, 6) is 2.34. The number of pyridine rings is 1. The van der Waals surface area contributed by atoms with E-state index in [2.05, 4.69) is 83.1 Å². The molecule has 5 aromatic rings. The van der Waals surface area contributed by atoms with E-state index in [-0.39, 0.29) is 11.0 Å². The van der Waals surface area contributed by atoms with E-state index in [0.717, 1.165) is 41.3 Å². The molecule has 208 valence electrons. The second-order valence-corrected chi connectivity index (χ2v) is 13.1.